The van der Waals surface area contributed by atoms with Crippen molar-refractivity contribution in [2.75, 3.05) is 6.61 Å². The molecule has 0 aliphatic carbocycles. The fourth-order valence-corrected chi connectivity index (χ4v) is 2.31. The molecule has 0 aliphatic heterocycles. The lowest BCUT2D eigenvalue weighted by Gasteiger charge is -2.08. The van der Waals surface area contributed by atoms with E-state index in [9.17, 15) is 0 Å². The highest BCUT2D eigenvalue weighted by Crippen LogP contribution is 2.26. The van der Waals surface area contributed by atoms with Crippen molar-refractivity contribution in [3.63, 3.8) is 0 Å². The second kappa shape index (κ2) is 4.03. The Morgan fingerprint density at radius 3 is 2.67 bits per heavy atom. The van der Waals surface area contributed by atoms with E-state index in [1.54, 1.807) is 11.3 Å². The summed E-state index contributed by atoms with van der Waals surface area (Å²) in [5.74, 6) is 0. The number of rotatable bonds is 3. The number of nitrogens with two attached hydrogens (primary N) is 1. The highest BCUT2D eigenvalue weighted by molar-refractivity contribution is 7.12. The molecule has 1 unspecified atom stereocenters. The minimum atomic E-state index is -0.0000463. The van der Waals surface area contributed by atoms with Crippen molar-refractivity contribution in [3.8, 4) is 0 Å². The van der Waals surface area contributed by atoms with Gasteiger partial charge in [0.2, 0.25) is 0 Å². The first kappa shape index (κ1) is 9.71. The van der Waals surface area contributed by atoms with Crippen molar-refractivity contribution in [2.24, 2.45) is 5.73 Å². The predicted molar refractivity (Wildman–Crippen MR) is 52.4 cm³/mol. The molecule has 0 aromatic carbocycles. The van der Waals surface area contributed by atoms with Gasteiger partial charge in [0, 0.05) is 22.4 Å². The second-order valence-corrected chi connectivity index (χ2v) is 4.45. The summed E-state index contributed by atoms with van der Waals surface area (Å²) in [7, 11) is 0. The van der Waals surface area contributed by atoms with Gasteiger partial charge in [0.25, 0.3) is 0 Å². The first-order valence-corrected chi connectivity index (χ1v) is 4.90. The van der Waals surface area contributed by atoms with Gasteiger partial charge in [-0.3, -0.25) is 0 Å². The Hall–Kier alpha value is -0.380. The Bertz CT molecular complexity index is 257. The average molecular weight is 185 g/mol. The van der Waals surface area contributed by atoms with Gasteiger partial charge in [0.05, 0.1) is 0 Å². The number of aliphatic hydroxyl groups excluding tert-OH is 1. The zero-order valence-electron chi connectivity index (χ0n) is 7.50. The summed E-state index contributed by atoms with van der Waals surface area (Å²) in [6.07, 6.45) is 0.650. The third-order valence-electron chi connectivity index (χ3n) is 1.92. The van der Waals surface area contributed by atoms with E-state index < -0.39 is 0 Å². The molecule has 1 aromatic rings. The van der Waals surface area contributed by atoms with Crippen LogP contribution >= 0.6 is 11.3 Å². The largest absolute Gasteiger partial charge is 0.396 e. The number of aliphatic hydroxyl groups is 1. The van der Waals surface area contributed by atoms with Crippen LogP contribution in [0.2, 0.25) is 0 Å². The van der Waals surface area contributed by atoms with E-state index in [0.29, 0.717) is 6.42 Å². The minimum absolute atomic E-state index is 0.0000463. The first-order valence-electron chi connectivity index (χ1n) is 4.08. The monoisotopic (exact) mass is 185 g/mol. The quantitative estimate of drug-likeness (QED) is 0.753. The Balaban J connectivity index is 2.79. The van der Waals surface area contributed by atoms with Crippen LogP contribution in [0.25, 0.3) is 0 Å². The maximum absolute atomic E-state index is 8.72. The zero-order valence-corrected chi connectivity index (χ0v) is 8.32. The molecule has 0 aliphatic rings. The van der Waals surface area contributed by atoms with E-state index in [4.69, 9.17) is 10.8 Å². The molecule has 3 heteroatoms. The van der Waals surface area contributed by atoms with Crippen LogP contribution in [0.5, 0.6) is 0 Å². The molecule has 68 valence electrons. The van der Waals surface area contributed by atoms with E-state index in [1.807, 2.05) is 0 Å². The van der Waals surface area contributed by atoms with Gasteiger partial charge in [-0.2, -0.15) is 0 Å². The van der Waals surface area contributed by atoms with Gasteiger partial charge in [-0.15, -0.1) is 11.3 Å². The zero-order chi connectivity index (χ0) is 9.14. The van der Waals surface area contributed by atoms with E-state index in [1.165, 1.54) is 15.3 Å². The average Bonchev–Trinajstić information content (AvgIpc) is 2.30. The molecular weight excluding hydrogens is 170 g/mol. The maximum Gasteiger partial charge on any atom is 0.0449 e. The maximum atomic E-state index is 8.72. The molecule has 0 fully saturated rings. The Kier molecular flexibility index (Phi) is 3.26. The topological polar surface area (TPSA) is 46.2 Å². The van der Waals surface area contributed by atoms with Crippen molar-refractivity contribution in [3.05, 3.63) is 21.4 Å². The first-order chi connectivity index (χ1) is 5.65. The van der Waals surface area contributed by atoms with Crippen LogP contribution in [0.3, 0.4) is 0 Å². The Morgan fingerprint density at radius 2 is 2.25 bits per heavy atom. The molecule has 2 nitrogen and oxygen atoms in total. The fourth-order valence-electron chi connectivity index (χ4n) is 1.31. The summed E-state index contributed by atoms with van der Waals surface area (Å²) < 4.78 is 0. The minimum Gasteiger partial charge on any atom is -0.396 e. The molecule has 0 saturated heterocycles. The van der Waals surface area contributed by atoms with E-state index in [2.05, 4.69) is 19.9 Å². The summed E-state index contributed by atoms with van der Waals surface area (Å²) in [6.45, 7) is 4.31. The van der Waals surface area contributed by atoms with Crippen molar-refractivity contribution in [1.29, 1.82) is 0 Å². The summed E-state index contributed by atoms with van der Waals surface area (Å²) >= 11 is 1.76. The predicted octanol–water partition coefficient (Wildman–Crippen LogP) is 1.75. The third kappa shape index (κ3) is 2.06. The smallest absolute Gasteiger partial charge is 0.0449 e. The molecule has 0 saturated carbocycles. The lowest BCUT2D eigenvalue weighted by atomic mass is 10.1. The van der Waals surface area contributed by atoms with Crippen molar-refractivity contribution in [2.45, 2.75) is 26.3 Å². The molecule has 0 bridgehead atoms. The lowest BCUT2D eigenvalue weighted by Crippen LogP contribution is -2.11. The van der Waals surface area contributed by atoms with Crippen molar-refractivity contribution >= 4 is 11.3 Å². The molecule has 0 spiro atoms. The van der Waals surface area contributed by atoms with Gasteiger partial charge in [-0.05, 0) is 31.9 Å². The third-order valence-corrected chi connectivity index (χ3v) is 2.90. The van der Waals surface area contributed by atoms with Crippen LogP contribution in [0.4, 0.5) is 0 Å². The molecule has 1 heterocycles. The van der Waals surface area contributed by atoms with Gasteiger partial charge in [-0.25, -0.2) is 0 Å². The fraction of sp³-hybridized carbons (Fsp3) is 0.556. The van der Waals surface area contributed by atoms with E-state index in [0.717, 1.165) is 0 Å². The molecule has 1 atom stereocenters. The standard InChI is InChI=1S/C9H15NOS/c1-6-5-8(7(2)12-6)9(10)3-4-11/h5,9,11H,3-4,10H2,1-2H3. The number of aryl methyl sites for hydroxylation is 2. The van der Waals surface area contributed by atoms with Gasteiger partial charge in [-0.1, -0.05) is 0 Å². The molecule has 3 N–H and O–H groups in total. The molecule has 1 rings (SSSR count). The SMILES string of the molecule is Cc1cc(C(N)CCO)c(C)s1. The van der Waals surface area contributed by atoms with Gasteiger partial charge in [0.15, 0.2) is 0 Å². The highest BCUT2D eigenvalue weighted by atomic mass is 32.1. The molecule has 1 aromatic heterocycles. The van der Waals surface area contributed by atoms with Gasteiger partial charge in [0.1, 0.15) is 0 Å². The summed E-state index contributed by atoms with van der Waals surface area (Å²) in [4.78, 5) is 2.56. The Labute approximate surface area is 77.0 Å². The molecule has 0 radical (unpaired) electrons. The lowest BCUT2D eigenvalue weighted by molar-refractivity contribution is 0.276. The summed E-state index contributed by atoms with van der Waals surface area (Å²) in [5, 5.41) is 8.72. The summed E-state index contributed by atoms with van der Waals surface area (Å²) in [5.41, 5.74) is 7.05. The van der Waals surface area contributed by atoms with Gasteiger partial charge >= 0.3 is 0 Å². The normalized spacial score (nSPS) is 13.3. The highest BCUT2D eigenvalue weighted by Gasteiger charge is 2.10. The molecular formula is C9H15NOS. The van der Waals surface area contributed by atoms with Crippen LogP contribution in [0.1, 0.15) is 27.8 Å². The number of hydrogen-bond donors (Lipinski definition) is 2. The van der Waals surface area contributed by atoms with E-state index >= 15 is 0 Å². The van der Waals surface area contributed by atoms with Crippen LogP contribution in [-0.2, 0) is 0 Å². The van der Waals surface area contributed by atoms with Crippen LogP contribution in [-0.4, -0.2) is 11.7 Å². The van der Waals surface area contributed by atoms with Crippen molar-refractivity contribution in [1.82, 2.24) is 0 Å². The molecule has 12 heavy (non-hydrogen) atoms. The van der Waals surface area contributed by atoms with Crippen LogP contribution < -0.4 is 5.73 Å². The van der Waals surface area contributed by atoms with Crippen molar-refractivity contribution < 1.29 is 5.11 Å². The van der Waals surface area contributed by atoms with Crippen LogP contribution in [0, 0.1) is 13.8 Å². The second-order valence-electron chi connectivity index (χ2n) is 2.99. The van der Waals surface area contributed by atoms with E-state index in [-0.39, 0.29) is 12.6 Å². The van der Waals surface area contributed by atoms with Gasteiger partial charge < -0.3 is 10.8 Å². The molecule has 0 amide bonds. The summed E-state index contributed by atoms with van der Waals surface area (Å²) in [6, 6.07) is 2.11. The van der Waals surface area contributed by atoms with Crippen LogP contribution in [0.15, 0.2) is 6.07 Å². The Morgan fingerprint density at radius 1 is 1.58 bits per heavy atom. The number of thiophene rings is 1. The number of hydrogen-bond acceptors (Lipinski definition) is 3.